The van der Waals surface area contributed by atoms with Crippen molar-refractivity contribution in [2.75, 3.05) is 5.32 Å². The van der Waals surface area contributed by atoms with E-state index in [1.54, 1.807) is 29.6 Å². The molecule has 6 heteroatoms. The Morgan fingerprint density at radius 3 is 2.50 bits per heavy atom. The maximum absolute atomic E-state index is 12.0. The summed E-state index contributed by atoms with van der Waals surface area (Å²) >= 11 is 1.28. The van der Waals surface area contributed by atoms with Crippen molar-refractivity contribution in [2.24, 2.45) is 0 Å². The molecule has 0 bridgehead atoms. The van der Waals surface area contributed by atoms with Crippen molar-refractivity contribution in [3.8, 4) is 6.07 Å². The van der Waals surface area contributed by atoms with Gasteiger partial charge in [0.2, 0.25) is 0 Å². The fourth-order valence-corrected chi connectivity index (χ4v) is 2.53. The third-order valence-electron chi connectivity index (χ3n) is 2.98. The number of ether oxygens (including phenoxy) is 1. The summed E-state index contributed by atoms with van der Waals surface area (Å²) in [5.74, 6) is -0.928. The van der Waals surface area contributed by atoms with Gasteiger partial charge in [0.15, 0.2) is 6.10 Å². The zero-order chi connectivity index (χ0) is 16.1. The Morgan fingerprint density at radius 1 is 1.27 bits per heavy atom. The van der Waals surface area contributed by atoms with Crippen molar-refractivity contribution in [2.45, 2.75) is 20.0 Å². The molecule has 2 aromatic rings. The van der Waals surface area contributed by atoms with E-state index < -0.39 is 18.0 Å². The molecule has 2 rings (SSSR count). The predicted octanol–water partition coefficient (Wildman–Crippen LogP) is 3.11. The summed E-state index contributed by atoms with van der Waals surface area (Å²) in [6, 6.07) is 10.3. The number of aryl methyl sites for hydroxylation is 1. The van der Waals surface area contributed by atoms with Crippen molar-refractivity contribution >= 4 is 28.9 Å². The Balaban J connectivity index is 1.96. The molecule has 0 fully saturated rings. The van der Waals surface area contributed by atoms with E-state index >= 15 is 0 Å². The number of carbonyl (C=O) groups excluding carboxylic acids is 2. The lowest BCUT2D eigenvalue weighted by Gasteiger charge is -2.13. The van der Waals surface area contributed by atoms with Crippen LogP contribution in [0, 0.1) is 18.3 Å². The van der Waals surface area contributed by atoms with Crippen LogP contribution >= 0.6 is 11.3 Å². The highest BCUT2D eigenvalue weighted by molar-refractivity contribution is 7.12. The zero-order valence-electron chi connectivity index (χ0n) is 12.1. The molecular formula is C16H14N2O3S. The fraction of sp³-hybridized carbons (Fsp3) is 0.188. The van der Waals surface area contributed by atoms with Crippen LogP contribution in [0.5, 0.6) is 0 Å². The molecule has 112 valence electrons. The van der Waals surface area contributed by atoms with Crippen molar-refractivity contribution in [3.63, 3.8) is 0 Å². The maximum Gasteiger partial charge on any atom is 0.349 e. The molecular weight excluding hydrogens is 300 g/mol. The molecule has 1 heterocycles. The molecule has 0 unspecified atom stereocenters. The third-order valence-corrected chi connectivity index (χ3v) is 3.98. The number of thiophene rings is 1. The smallest absolute Gasteiger partial charge is 0.349 e. The molecule has 1 aromatic carbocycles. The first-order chi connectivity index (χ1) is 10.5. The molecule has 0 spiro atoms. The third kappa shape index (κ3) is 3.71. The van der Waals surface area contributed by atoms with E-state index in [4.69, 9.17) is 10.00 Å². The standard InChI is InChI=1S/C16H14N2O3S/c1-10-7-8-22-14(10)16(20)21-11(2)15(19)18-13-5-3-12(9-17)4-6-13/h3-8,11H,1-2H3,(H,18,19)/t11-/m0/s1. The largest absolute Gasteiger partial charge is 0.448 e. The molecule has 1 aromatic heterocycles. The summed E-state index contributed by atoms with van der Waals surface area (Å²) in [5, 5.41) is 13.2. The summed E-state index contributed by atoms with van der Waals surface area (Å²) in [5.41, 5.74) is 1.87. The van der Waals surface area contributed by atoms with Gasteiger partial charge in [-0.25, -0.2) is 4.79 Å². The summed E-state index contributed by atoms with van der Waals surface area (Å²) < 4.78 is 5.16. The van der Waals surface area contributed by atoms with Gasteiger partial charge in [-0.15, -0.1) is 11.3 Å². The van der Waals surface area contributed by atoms with Gasteiger partial charge in [-0.2, -0.15) is 5.26 Å². The maximum atomic E-state index is 12.0. The average molecular weight is 314 g/mol. The number of nitrogens with zero attached hydrogens (tertiary/aromatic N) is 1. The number of hydrogen-bond donors (Lipinski definition) is 1. The number of nitriles is 1. The normalized spacial score (nSPS) is 11.3. The molecule has 0 radical (unpaired) electrons. The molecule has 0 aliphatic heterocycles. The Morgan fingerprint density at radius 2 is 1.95 bits per heavy atom. The first kappa shape index (κ1) is 15.7. The molecule has 0 aliphatic rings. The van der Waals surface area contributed by atoms with Crippen molar-refractivity contribution in [1.29, 1.82) is 5.26 Å². The van der Waals surface area contributed by atoms with Crippen molar-refractivity contribution in [1.82, 2.24) is 0 Å². The van der Waals surface area contributed by atoms with Crippen LogP contribution < -0.4 is 5.32 Å². The topological polar surface area (TPSA) is 79.2 Å². The molecule has 1 atom stereocenters. The average Bonchev–Trinajstić information content (AvgIpc) is 2.94. The lowest BCUT2D eigenvalue weighted by Crippen LogP contribution is -2.29. The van der Waals surface area contributed by atoms with E-state index in [2.05, 4.69) is 5.32 Å². The van der Waals surface area contributed by atoms with E-state index in [0.29, 0.717) is 16.1 Å². The highest BCUT2D eigenvalue weighted by Gasteiger charge is 2.20. The summed E-state index contributed by atoms with van der Waals surface area (Å²) in [4.78, 5) is 24.5. The lowest BCUT2D eigenvalue weighted by atomic mass is 10.2. The molecule has 1 N–H and O–H groups in total. The minimum absolute atomic E-state index is 0.424. The van der Waals surface area contributed by atoms with Crippen LogP contribution in [0.3, 0.4) is 0 Å². The van der Waals surface area contributed by atoms with Gasteiger partial charge in [-0.05, 0) is 55.1 Å². The second-order valence-corrected chi connectivity index (χ2v) is 5.57. The van der Waals surface area contributed by atoms with Crippen LogP contribution in [-0.4, -0.2) is 18.0 Å². The first-order valence-corrected chi connectivity index (χ1v) is 7.45. The van der Waals surface area contributed by atoms with Crippen LogP contribution in [0.15, 0.2) is 35.7 Å². The Labute approximate surface area is 132 Å². The summed E-state index contributed by atoms with van der Waals surface area (Å²) in [7, 11) is 0. The molecule has 0 saturated heterocycles. The van der Waals surface area contributed by atoms with E-state index in [1.807, 2.05) is 19.1 Å². The van der Waals surface area contributed by atoms with Gasteiger partial charge in [-0.3, -0.25) is 4.79 Å². The summed E-state index contributed by atoms with van der Waals surface area (Å²) in [6.07, 6.45) is -0.912. The van der Waals surface area contributed by atoms with E-state index in [-0.39, 0.29) is 0 Å². The van der Waals surface area contributed by atoms with Gasteiger partial charge in [0.25, 0.3) is 5.91 Å². The van der Waals surface area contributed by atoms with Crippen LogP contribution in [0.1, 0.15) is 27.7 Å². The predicted molar refractivity (Wildman–Crippen MR) is 83.7 cm³/mol. The number of benzene rings is 1. The van der Waals surface area contributed by atoms with E-state index in [1.165, 1.54) is 18.3 Å². The molecule has 0 aliphatic carbocycles. The van der Waals surface area contributed by atoms with Crippen LogP contribution in [-0.2, 0) is 9.53 Å². The first-order valence-electron chi connectivity index (χ1n) is 6.57. The molecule has 22 heavy (non-hydrogen) atoms. The minimum Gasteiger partial charge on any atom is -0.448 e. The second kappa shape index (κ2) is 6.87. The van der Waals surface area contributed by atoms with Crippen LogP contribution in [0.25, 0.3) is 0 Å². The Hall–Kier alpha value is -2.65. The van der Waals surface area contributed by atoms with E-state index in [0.717, 1.165) is 5.56 Å². The van der Waals surface area contributed by atoms with Crippen molar-refractivity contribution in [3.05, 3.63) is 51.7 Å². The Bertz CT molecular complexity index is 729. The molecule has 0 saturated carbocycles. The van der Waals surface area contributed by atoms with Gasteiger partial charge in [0.05, 0.1) is 11.6 Å². The molecule has 1 amide bonds. The van der Waals surface area contributed by atoms with Crippen LogP contribution in [0.2, 0.25) is 0 Å². The quantitative estimate of drug-likeness (QED) is 0.879. The van der Waals surface area contributed by atoms with Gasteiger partial charge in [0, 0.05) is 5.69 Å². The summed E-state index contributed by atoms with van der Waals surface area (Å²) in [6.45, 7) is 3.33. The number of hydrogen-bond acceptors (Lipinski definition) is 5. The highest BCUT2D eigenvalue weighted by atomic mass is 32.1. The fourth-order valence-electron chi connectivity index (χ4n) is 1.72. The highest BCUT2D eigenvalue weighted by Crippen LogP contribution is 2.18. The molecule has 5 nitrogen and oxygen atoms in total. The van der Waals surface area contributed by atoms with Gasteiger partial charge in [0.1, 0.15) is 4.88 Å². The number of amides is 1. The number of rotatable bonds is 4. The van der Waals surface area contributed by atoms with E-state index in [9.17, 15) is 9.59 Å². The SMILES string of the molecule is Cc1ccsc1C(=O)O[C@@H](C)C(=O)Nc1ccc(C#N)cc1. The monoisotopic (exact) mass is 314 g/mol. The number of anilines is 1. The Kier molecular flexibility index (Phi) is 4.92. The van der Waals surface area contributed by atoms with Crippen molar-refractivity contribution < 1.29 is 14.3 Å². The van der Waals surface area contributed by atoms with Gasteiger partial charge >= 0.3 is 5.97 Å². The van der Waals surface area contributed by atoms with Crippen LogP contribution in [0.4, 0.5) is 5.69 Å². The number of esters is 1. The number of nitrogens with one attached hydrogen (secondary N) is 1. The number of carbonyl (C=O) groups is 2. The van der Waals surface area contributed by atoms with Gasteiger partial charge < -0.3 is 10.1 Å². The minimum atomic E-state index is -0.912. The van der Waals surface area contributed by atoms with Gasteiger partial charge in [-0.1, -0.05) is 0 Å². The second-order valence-electron chi connectivity index (χ2n) is 4.66. The lowest BCUT2D eigenvalue weighted by molar-refractivity contribution is -0.123. The zero-order valence-corrected chi connectivity index (χ0v) is 12.9.